The number of esters is 1. The summed E-state index contributed by atoms with van der Waals surface area (Å²) in [5.41, 5.74) is 4.31. The van der Waals surface area contributed by atoms with E-state index in [9.17, 15) is 9.59 Å². The summed E-state index contributed by atoms with van der Waals surface area (Å²) in [5.74, 6) is 1.000. The van der Waals surface area contributed by atoms with Crippen molar-refractivity contribution in [3.05, 3.63) is 50.8 Å². The van der Waals surface area contributed by atoms with Gasteiger partial charge in [0.25, 0.3) is 5.56 Å². The lowest BCUT2D eigenvalue weighted by molar-refractivity contribution is -0.234. The van der Waals surface area contributed by atoms with Gasteiger partial charge in [-0.25, -0.2) is 9.78 Å². The molecular formula is C29H30N4O6. The van der Waals surface area contributed by atoms with Crippen molar-refractivity contribution in [1.29, 1.82) is 0 Å². The molecule has 1 aromatic carbocycles. The van der Waals surface area contributed by atoms with E-state index >= 15 is 0 Å². The van der Waals surface area contributed by atoms with Gasteiger partial charge in [0.15, 0.2) is 17.1 Å². The second-order valence-electron chi connectivity index (χ2n) is 11.4. The van der Waals surface area contributed by atoms with Gasteiger partial charge < -0.3 is 28.4 Å². The molecular weight excluding hydrogens is 500 g/mol. The minimum Gasteiger partial charge on any atom is -0.486 e. The molecule has 39 heavy (non-hydrogen) atoms. The summed E-state index contributed by atoms with van der Waals surface area (Å²) in [4.78, 5) is 36.6. The Morgan fingerprint density at radius 1 is 1.00 bits per heavy atom. The first kappa shape index (κ1) is 23.4. The molecule has 0 bridgehead atoms. The zero-order valence-corrected chi connectivity index (χ0v) is 22.1. The molecule has 2 aromatic heterocycles. The summed E-state index contributed by atoms with van der Waals surface area (Å²) in [5, 5.41) is 1.02. The van der Waals surface area contributed by atoms with E-state index in [-0.39, 0.29) is 18.3 Å². The number of rotatable bonds is 2. The van der Waals surface area contributed by atoms with Crippen molar-refractivity contribution >= 4 is 16.9 Å². The number of nitrogens with zero attached hydrogens (tertiary/aromatic N) is 4. The number of fused-ring (bicyclic) bond motifs is 7. The van der Waals surface area contributed by atoms with Crippen LogP contribution < -0.4 is 15.0 Å². The molecule has 2 fully saturated rings. The number of piperazine rings is 1. The predicted octanol–water partition coefficient (Wildman–Crippen LogP) is 2.00. The fourth-order valence-corrected chi connectivity index (χ4v) is 6.81. The number of hydrogen-bond acceptors (Lipinski definition) is 9. The standard InChI is InChI=1S/C29H30N4O6/c1-16-12-29(39-16)21-10-23-26-19(14-33(23)27(34)20(21)15-38-28(29)35)18(13-32-5-3-31(2)4-6-32)17-9-24-25(11-22(17)30-26)37-8-7-36-24/h9-11,16H,3-8,12-15H2,1-2H3/t16?,29-/m0/s1. The third kappa shape index (κ3) is 3.34. The van der Waals surface area contributed by atoms with Crippen LogP contribution in [0.3, 0.4) is 0 Å². The first-order valence-electron chi connectivity index (χ1n) is 13.7. The molecule has 1 unspecified atom stereocenters. The maximum Gasteiger partial charge on any atom is 0.343 e. The highest BCUT2D eigenvalue weighted by molar-refractivity contribution is 5.91. The van der Waals surface area contributed by atoms with Gasteiger partial charge in [0.05, 0.1) is 35.1 Å². The Labute approximate surface area is 225 Å². The van der Waals surface area contributed by atoms with Crippen LogP contribution in [0.25, 0.3) is 22.3 Å². The van der Waals surface area contributed by atoms with Crippen molar-refractivity contribution in [3.63, 3.8) is 0 Å². The van der Waals surface area contributed by atoms with Crippen LogP contribution >= 0.6 is 0 Å². The smallest absolute Gasteiger partial charge is 0.343 e. The number of likely N-dealkylation sites (N-methyl/N-ethyl adjacent to an activating group) is 1. The lowest BCUT2D eigenvalue weighted by Gasteiger charge is -2.47. The van der Waals surface area contributed by atoms with Crippen LogP contribution in [0, 0.1) is 0 Å². The molecule has 0 aliphatic carbocycles. The van der Waals surface area contributed by atoms with Crippen molar-refractivity contribution in [2.45, 2.75) is 44.7 Å². The molecule has 202 valence electrons. The minimum atomic E-state index is -1.20. The molecule has 0 amide bonds. The predicted molar refractivity (Wildman–Crippen MR) is 141 cm³/mol. The highest BCUT2D eigenvalue weighted by Gasteiger charge is 2.57. The van der Waals surface area contributed by atoms with E-state index in [1.54, 1.807) is 4.57 Å². The largest absolute Gasteiger partial charge is 0.486 e. The van der Waals surface area contributed by atoms with Crippen LogP contribution in [-0.2, 0) is 39.6 Å². The summed E-state index contributed by atoms with van der Waals surface area (Å²) in [6.45, 7) is 8.05. The molecule has 10 nitrogen and oxygen atoms in total. The SMILES string of the molecule is CC1C[C@@]2(O1)C(=O)OCc1c2cc2n(c1=O)Cc1c-2nc2cc3c(cc2c1CN1CCN(C)CC1)OCCO3. The third-order valence-corrected chi connectivity index (χ3v) is 8.89. The van der Waals surface area contributed by atoms with E-state index in [0.717, 1.165) is 71.9 Å². The topological polar surface area (TPSA) is 95.4 Å². The molecule has 2 saturated heterocycles. The van der Waals surface area contributed by atoms with Gasteiger partial charge in [-0.1, -0.05) is 0 Å². The summed E-state index contributed by atoms with van der Waals surface area (Å²) < 4.78 is 25.0. The zero-order valence-electron chi connectivity index (χ0n) is 22.1. The van der Waals surface area contributed by atoms with Gasteiger partial charge in [-0.2, -0.15) is 0 Å². The second-order valence-corrected chi connectivity index (χ2v) is 11.4. The summed E-state index contributed by atoms with van der Waals surface area (Å²) >= 11 is 0. The maximum atomic E-state index is 13.9. The van der Waals surface area contributed by atoms with Gasteiger partial charge in [-0.15, -0.1) is 0 Å². The van der Waals surface area contributed by atoms with E-state index < -0.39 is 11.6 Å². The van der Waals surface area contributed by atoms with Gasteiger partial charge in [-0.3, -0.25) is 9.69 Å². The van der Waals surface area contributed by atoms with Crippen molar-refractivity contribution in [3.8, 4) is 22.9 Å². The lowest BCUT2D eigenvalue weighted by atomic mass is 9.79. The Hall–Kier alpha value is -3.47. The van der Waals surface area contributed by atoms with E-state index in [2.05, 4.69) is 16.8 Å². The van der Waals surface area contributed by atoms with E-state index in [0.29, 0.717) is 43.1 Å². The molecule has 5 aliphatic heterocycles. The molecule has 1 spiro atoms. The Bertz CT molecular complexity index is 1620. The van der Waals surface area contributed by atoms with Crippen LogP contribution in [0.15, 0.2) is 23.0 Å². The third-order valence-electron chi connectivity index (χ3n) is 8.89. The highest BCUT2D eigenvalue weighted by atomic mass is 16.6. The summed E-state index contributed by atoms with van der Waals surface area (Å²) in [6.07, 6.45) is 0.426. The van der Waals surface area contributed by atoms with Crippen LogP contribution in [-0.4, -0.2) is 77.9 Å². The molecule has 2 atom stereocenters. The molecule has 0 radical (unpaired) electrons. The fourth-order valence-electron chi connectivity index (χ4n) is 6.81. The number of benzene rings is 1. The zero-order chi connectivity index (χ0) is 26.5. The minimum absolute atomic E-state index is 0.0337. The number of cyclic esters (lactones) is 1. The molecule has 8 rings (SSSR count). The van der Waals surface area contributed by atoms with Gasteiger partial charge in [0.1, 0.15) is 19.8 Å². The average molecular weight is 531 g/mol. The Morgan fingerprint density at radius 2 is 1.74 bits per heavy atom. The first-order chi connectivity index (χ1) is 18.9. The van der Waals surface area contributed by atoms with Crippen LogP contribution in [0.5, 0.6) is 11.5 Å². The Balaban J connectivity index is 1.33. The number of pyridine rings is 2. The number of aromatic nitrogens is 2. The molecule has 5 aliphatic rings. The Morgan fingerprint density at radius 3 is 2.49 bits per heavy atom. The molecule has 3 aromatic rings. The summed E-state index contributed by atoms with van der Waals surface area (Å²) in [7, 11) is 2.15. The average Bonchev–Trinajstić information content (AvgIpc) is 3.28. The highest BCUT2D eigenvalue weighted by Crippen LogP contribution is 2.48. The lowest BCUT2D eigenvalue weighted by Crippen LogP contribution is -2.56. The van der Waals surface area contributed by atoms with Crippen molar-refractivity contribution < 1.29 is 23.7 Å². The van der Waals surface area contributed by atoms with E-state index in [1.807, 2.05) is 25.1 Å². The quantitative estimate of drug-likeness (QED) is 0.361. The molecule has 10 heteroatoms. The Kier molecular flexibility index (Phi) is 4.96. The van der Waals surface area contributed by atoms with Crippen molar-refractivity contribution in [2.24, 2.45) is 0 Å². The second kappa shape index (κ2) is 8.27. The number of carbonyl (C=O) groups is 1. The van der Waals surface area contributed by atoms with Gasteiger partial charge in [0.2, 0.25) is 0 Å². The van der Waals surface area contributed by atoms with E-state index in [1.165, 1.54) is 0 Å². The number of hydrogen-bond donors (Lipinski definition) is 0. The van der Waals surface area contributed by atoms with Gasteiger partial charge in [0, 0.05) is 61.7 Å². The van der Waals surface area contributed by atoms with Gasteiger partial charge in [-0.05, 0) is 31.7 Å². The van der Waals surface area contributed by atoms with Crippen LogP contribution in [0.4, 0.5) is 0 Å². The summed E-state index contributed by atoms with van der Waals surface area (Å²) in [6, 6.07) is 5.95. The molecule has 7 heterocycles. The normalized spacial score (nSPS) is 25.7. The maximum absolute atomic E-state index is 13.9. The molecule has 0 saturated carbocycles. The van der Waals surface area contributed by atoms with Crippen LogP contribution in [0.1, 0.15) is 35.6 Å². The van der Waals surface area contributed by atoms with Crippen molar-refractivity contribution in [1.82, 2.24) is 19.4 Å². The van der Waals surface area contributed by atoms with Gasteiger partial charge >= 0.3 is 5.97 Å². The van der Waals surface area contributed by atoms with E-state index in [4.69, 9.17) is 23.9 Å². The number of ether oxygens (including phenoxy) is 4. The first-order valence-corrected chi connectivity index (χ1v) is 13.7. The van der Waals surface area contributed by atoms with Crippen LogP contribution in [0.2, 0.25) is 0 Å². The van der Waals surface area contributed by atoms with Crippen molar-refractivity contribution in [2.75, 3.05) is 46.4 Å². The molecule has 0 N–H and O–H groups in total. The number of carbonyl (C=O) groups excluding carboxylic acids is 1. The monoisotopic (exact) mass is 530 g/mol. The fraction of sp³-hybridized carbons (Fsp3) is 0.483.